The van der Waals surface area contributed by atoms with Crippen molar-refractivity contribution >= 4 is 39.1 Å². The van der Waals surface area contributed by atoms with Gasteiger partial charge in [0.1, 0.15) is 10.6 Å². The molecule has 2 N–H and O–H groups in total. The summed E-state index contributed by atoms with van der Waals surface area (Å²) >= 11 is 11.6. The molecular weight excluding hydrogens is 315 g/mol. The maximum Gasteiger partial charge on any atom is 0.259 e. The molecule has 0 spiro atoms. The molecule has 0 saturated carbocycles. The highest BCUT2D eigenvalue weighted by Crippen LogP contribution is 2.33. The number of ether oxygens (including phenoxy) is 1. The van der Waals surface area contributed by atoms with E-state index in [1.165, 1.54) is 11.0 Å². The van der Waals surface area contributed by atoms with Crippen LogP contribution in [0.25, 0.3) is 0 Å². The van der Waals surface area contributed by atoms with Crippen LogP contribution in [0.1, 0.15) is 0 Å². The molecular formula is C10H12Cl2N2O4S. The minimum atomic E-state index is -3.96. The van der Waals surface area contributed by atoms with Crippen LogP contribution in [0, 0.1) is 0 Å². The van der Waals surface area contributed by atoms with Crippen LogP contribution in [0.2, 0.25) is 10.0 Å². The van der Waals surface area contributed by atoms with E-state index in [0.29, 0.717) is 0 Å². The minimum Gasteiger partial charge on any atom is -0.482 e. The lowest BCUT2D eigenvalue weighted by Crippen LogP contribution is -2.27. The number of sulfonamides is 1. The molecule has 0 radical (unpaired) electrons. The summed E-state index contributed by atoms with van der Waals surface area (Å²) in [5.41, 5.74) is 0. The first-order valence-corrected chi connectivity index (χ1v) is 7.28. The zero-order chi connectivity index (χ0) is 14.8. The van der Waals surface area contributed by atoms with Gasteiger partial charge in [0.05, 0.1) is 10.0 Å². The normalized spacial score (nSPS) is 11.2. The summed E-state index contributed by atoms with van der Waals surface area (Å²) in [6.45, 7) is -0.238. The van der Waals surface area contributed by atoms with Crippen molar-refractivity contribution in [2.45, 2.75) is 4.90 Å². The molecule has 0 atom stereocenters. The Morgan fingerprint density at radius 2 is 1.89 bits per heavy atom. The van der Waals surface area contributed by atoms with Gasteiger partial charge < -0.3 is 9.64 Å². The van der Waals surface area contributed by atoms with E-state index in [0.717, 1.165) is 6.07 Å². The highest BCUT2D eigenvalue weighted by atomic mass is 35.5. The van der Waals surface area contributed by atoms with E-state index in [4.69, 9.17) is 33.1 Å². The summed E-state index contributed by atoms with van der Waals surface area (Å²) < 4.78 is 27.6. The second-order valence-electron chi connectivity index (χ2n) is 3.83. The smallest absolute Gasteiger partial charge is 0.259 e. The molecule has 106 valence electrons. The molecule has 1 aromatic carbocycles. The molecule has 0 heterocycles. The molecule has 6 nitrogen and oxygen atoms in total. The van der Waals surface area contributed by atoms with Gasteiger partial charge in [0, 0.05) is 20.2 Å². The number of primary sulfonamides is 1. The van der Waals surface area contributed by atoms with Crippen molar-refractivity contribution in [1.29, 1.82) is 0 Å². The third kappa shape index (κ3) is 4.24. The van der Waals surface area contributed by atoms with Gasteiger partial charge in [-0.15, -0.1) is 0 Å². The lowest BCUT2D eigenvalue weighted by atomic mass is 10.3. The summed E-state index contributed by atoms with van der Waals surface area (Å²) in [7, 11) is -0.817. The van der Waals surface area contributed by atoms with Crippen LogP contribution in [-0.2, 0) is 14.8 Å². The topological polar surface area (TPSA) is 89.7 Å². The van der Waals surface area contributed by atoms with Crippen LogP contribution in [0.3, 0.4) is 0 Å². The first kappa shape index (κ1) is 16.0. The summed E-state index contributed by atoms with van der Waals surface area (Å²) in [6.07, 6.45) is 0. The summed E-state index contributed by atoms with van der Waals surface area (Å²) in [5.74, 6) is -0.169. The van der Waals surface area contributed by atoms with Gasteiger partial charge in [-0.25, -0.2) is 13.6 Å². The first-order chi connectivity index (χ1) is 8.62. The Morgan fingerprint density at radius 1 is 1.32 bits per heavy atom. The fraction of sp³-hybridized carbons (Fsp3) is 0.300. The van der Waals surface area contributed by atoms with Gasteiger partial charge in [-0.05, 0) is 6.07 Å². The zero-order valence-corrected chi connectivity index (χ0v) is 12.5. The fourth-order valence-corrected chi connectivity index (χ4v) is 2.48. The van der Waals surface area contributed by atoms with Crippen LogP contribution in [0.4, 0.5) is 0 Å². The van der Waals surface area contributed by atoms with Crippen molar-refractivity contribution in [2.24, 2.45) is 5.14 Å². The molecule has 0 aliphatic carbocycles. The monoisotopic (exact) mass is 326 g/mol. The van der Waals surface area contributed by atoms with Crippen molar-refractivity contribution in [2.75, 3.05) is 20.7 Å². The Labute approximate surface area is 121 Å². The van der Waals surface area contributed by atoms with E-state index in [1.807, 2.05) is 0 Å². The van der Waals surface area contributed by atoms with E-state index in [1.54, 1.807) is 14.1 Å². The average molecular weight is 327 g/mol. The number of hydrogen-bond acceptors (Lipinski definition) is 4. The number of amides is 1. The van der Waals surface area contributed by atoms with Gasteiger partial charge in [-0.2, -0.15) is 0 Å². The predicted octanol–water partition coefficient (Wildman–Crippen LogP) is 1.11. The first-order valence-electron chi connectivity index (χ1n) is 4.97. The van der Waals surface area contributed by atoms with Gasteiger partial charge >= 0.3 is 0 Å². The third-order valence-corrected chi connectivity index (χ3v) is 3.81. The highest BCUT2D eigenvalue weighted by molar-refractivity contribution is 7.89. The maximum absolute atomic E-state index is 11.3. The molecule has 0 aromatic heterocycles. The number of likely N-dealkylation sites (N-methyl/N-ethyl adjacent to an activating group) is 1. The summed E-state index contributed by atoms with van der Waals surface area (Å²) in [6, 6.07) is 2.28. The van der Waals surface area contributed by atoms with E-state index in [2.05, 4.69) is 0 Å². The van der Waals surface area contributed by atoms with E-state index >= 15 is 0 Å². The Bertz CT molecular complexity index is 602. The molecule has 0 saturated heterocycles. The number of nitrogens with zero attached hydrogens (tertiary/aromatic N) is 1. The number of nitrogens with two attached hydrogens (primary N) is 1. The molecule has 0 bridgehead atoms. The molecule has 0 fully saturated rings. The van der Waals surface area contributed by atoms with E-state index in [9.17, 15) is 13.2 Å². The number of carbonyl (C=O) groups excluding carboxylic acids is 1. The summed E-state index contributed by atoms with van der Waals surface area (Å²) in [4.78, 5) is 12.4. The summed E-state index contributed by atoms with van der Waals surface area (Å²) in [5, 5.41) is 4.84. The molecule has 9 heteroatoms. The molecule has 1 aromatic rings. The van der Waals surface area contributed by atoms with Crippen molar-refractivity contribution in [3.05, 3.63) is 22.2 Å². The number of halogens is 2. The fourth-order valence-electron chi connectivity index (χ4n) is 1.11. The molecule has 19 heavy (non-hydrogen) atoms. The third-order valence-electron chi connectivity index (χ3n) is 2.14. The second-order valence-corrected chi connectivity index (χ2v) is 6.18. The number of rotatable bonds is 4. The van der Waals surface area contributed by atoms with Crippen LogP contribution in [0.15, 0.2) is 17.0 Å². The van der Waals surface area contributed by atoms with E-state index < -0.39 is 10.0 Å². The Balaban J connectivity index is 3.00. The molecule has 0 aliphatic rings. The van der Waals surface area contributed by atoms with Crippen molar-refractivity contribution in [3.8, 4) is 5.75 Å². The minimum absolute atomic E-state index is 0.0000175. The standard InChI is InChI=1S/C10H12Cl2N2O4S/c1-14(2)10(15)5-18-8-3-7(12)9(4-6(8)11)19(13,16)17/h3-4H,5H2,1-2H3,(H2,13,16,17). The Morgan fingerprint density at radius 3 is 2.37 bits per heavy atom. The lowest BCUT2D eigenvalue weighted by molar-refractivity contribution is -0.130. The number of hydrogen-bond donors (Lipinski definition) is 1. The lowest BCUT2D eigenvalue weighted by Gasteiger charge is -2.13. The Kier molecular flexibility index (Phi) is 5.03. The van der Waals surface area contributed by atoms with Gasteiger partial charge in [0.15, 0.2) is 6.61 Å². The van der Waals surface area contributed by atoms with Crippen LogP contribution in [0.5, 0.6) is 5.75 Å². The van der Waals surface area contributed by atoms with Gasteiger partial charge in [0.25, 0.3) is 5.91 Å². The average Bonchev–Trinajstić information content (AvgIpc) is 2.27. The predicted molar refractivity (Wildman–Crippen MR) is 72.0 cm³/mol. The molecule has 1 rings (SSSR count). The Hall–Kier alpha value is -1.02. The van der Waals surface area contributed by atoms with Crippen molar-refractivity contribution < 1.29 is 17.9 Å². The molecule has 0 aliphatic heterocycles. The highest BCUT2D eigenvalue weighted by Gasteiger charge is 2.17. The SMILES string of the molecule is CN(C)C(=O)COc1cc(Cl)c(S(N)(=O)=O)cc1Cl. The van der Waals surface area contributed by atoms with Gasteiger partial charge in [0.2, 0.25) is 10.0 Å². The van der Waals surface area contributed by atoms with Crippen molar-refractivity contribution in [3.63, 3.8) is 0 Å². The van der Waals surface area contributed by atoms with Crippen LogP contribution in [-0.4, -0.2) is 39.9 Å². The van der Waals surface area contributed by atoms with Crippen LogP contribution >= 0.6 is 23.2 Å². The molecule has 0 unspecified atom stereocenters. The van der Waals surface area contributed by atoms with Crippen LogP contribution < -0.4 is 9.88 Å². The van der Waals surface area contributed by atoms with Gasteiger partial charge in [-0.1, -0.05) is 23.2 Å². The van der Waals surface area contributed by atoms with Crippen molar-refractivity contribution in [1.82, 2.24) is 4.90 Å². The zero-order valence-electron chi connectivity index (χ0n) is 10.2. The maximum atomic E-state index is 11.3. The number of carbonyl (C=O) groups is 1. The quantitative estimate of drug-likeness (QED) is 0.897. The number of benzene rings is 1. The largest absolute Gasteiger partial charge is 0.482 e. The molecule has 1 amide bonds. The second kappa shape index (κ2) is 5.96. The van der Waals surface area contributed by atoms with E-state index in [-0.39, 0.29) is 33.2 Å². The van der Waals surface area contributed by atoms with Gasteiger partial charge in [-0.3, -0.25) is 4.79 Å².